The maximum Gasteiger partial charge on any atom is 0.272 e. The van der Waals surface area contributed by atoms with E-state index in [-0.39, 0.29) is 17.8 Å². The van der Waals surface area contributed by atoms with E-state index in [0.29, 0.717) is 18.8 Å². The Kier molecular flexibility index (Phi) is 4.98. The zero-order valence-electron chi connectivity index (χ0n) is 12.8. The minimum absolute atomic E-state index is 0.0382. The highest BCUT2D eigenvalue weighted by Crippen LogP contribution is 2.17. The van der Waals surface area contributed by atoms with Crippen molar-refractivity contribution in [2.45, 2.75) is 25.5 Å². The lowest BCUT2D eigenvalue weighted by Crippen LogP contribution is -2.37. The van der Waals surface area contributed by atoms with Gasteiger partial charge in [0.15, 0.2) is 0 Å². The number of amides is 1. The lowest BCUT2D eigenvalue weighted by Gasteiger charge is -2.25. The molecule has 3 rings (SSSR count). The second-order valence-electron chi connectivity index (χ2n) is 5.67. The summed E-state index contributed by atoms with van der Waals surface area (Å²) in [5.74, 6) is -0.463. The fourth-order valence-corrected chi connectivity index (χ4v) is 2.76. The van der Waals surface area contributed by atoms with Gasteiger partial charge in [0.1, 0.15) is 11.5 Å². The van der Waals surface area contributed by atoms with Crippen molar-refractivity contribution in [1.29, 1.82) is 0 Å². The van der Waals surface area contributed by atoms with E-state index >= 15 is 0 Å². The zero-order chi connectivity index (χ0) is 16.1. The van der Waals surface area contributed by atoms with E-state index in [1.165, 1.54) is 12.1 Å². The van der Waals surface area contributed by atoms with Crippen LogP contribution in [-0.2, 0) is 11.3 Å². The first-order chi connectivity index (χ1) is 11.2. The Bertz CT molecular complexity index is 657. The number of pyridine rings is 1. The lowest BCUT2D eigenvalue weighted by atomic mass is 10.1. The number of hydrogen-bond acceptors (Lipinski definition) is 3. The normalized spacial score (nSPS) is 17.2. The largest absolute Gasteiger partial charge is 0.376 e. The molecular weight excluding hydrogens is 295 g/mol. The van der Waals surface area contributed by atoms with Gasteiger partial charge in [0, 0.05) is 25.9 Å². The Balaban J connectivity index is 1.79. The van der Waals surface area contributed by atoms with Gasteiger partial charge in [-0.1, -0.05) is 18.2 Å². The van der Waals surface area contributed by atoms with E-state index in [9.17, 15) is 9.18 Å². The molecule has 0 saturated carbocycles. The molecule has 1 saturated heterocycles. The van der Waals surface area contributed by atoms with Crippen molar-refractivity contribution >= 4 is 5.91 Å². The van der Waals surface area contributed by atoms with Crippen LogP contribution in [0.15, 0.2) is 48.7 Å². The van der Waals surface area contributed by atoms with Crippen LogP contribution < -0.4 is 0 Å². The molecule has 0 spiro atoms. The highest BCUT2D eigenvalue weighted by Gasteiger charge is 2.24. The predicted octanol–water partition coefficient (Wildman–Crippen LogP) is 3.04. The summed E-state index contributed by atoms with van der Waals surface area (Å²) in [5.41, 5.74) is 1.15. The molecule has 2 aromatic rings. The molecule has 0 aliphatic carbocycles. The Morgan fingerprint density at radius 3 is 2.91 bits per heavy atom. The maximum atomic E-state index is 13.4. The average molecular weight is 314 g/mol. The van der Waals surface area contributed by atoms with Crippen molar-refractivity contribution in [2.75, 3.05) is 13.2 Å². The van der Waals surface area contributed by atoms with E-state index in [1.54, 1.807) is 35.4 Å². The van der Waals surface area contributed by atoms with Crippen molar-refractivity contribution < 1.29 is 13.9 Å². The third-order valence-corrected chi connectivity index (χ3v) is 3.88. The van der Waals surface area contributed by atoms with Crippen LogP contribution in [0.25, 0.3) is 0 Å². The molecule has 1 atom stereocenters. The topological polar surface area (TPSA) is 42.4 Å². The van der Waals surface area contributed by atoms with Crippen molar-refractivity contribution in [2.24, 2.45) is 0 Å². The Morgan fingerprint density at radius 1 is 1.30 bits per heavy atom. The van der Waals surface area contributed by atoms with Crippen LogP contribution in [0.3, 0.4) is 0 Å². The molecule has 1 aliphatic rings. The number of benzene rings is 1. The van der Waals surface area contributed by atoms with Crippen LogP contribution in [0.5, 0.6) is 0 Å². The molecule has 1 aliphatic heterocycles. The fourth-order valence-electron chi connectivity index (χ4n) is 2.76. The number of halogens is 1. The molecule has 1 aromatic carbocycles. The number of rotatable bonds is 5. The van der Waals surface area contributed by atoms with E-state index in [2.05, 4.69) is 4.98 Å². The van der Waals surface area contributed by atoms with Crippen LogP contribution in [0, 0.1) is 5.82 Å². The molecular formula is C18H19FN2O2. The van der Waals surface area contributed by atoms with Gasteiger partial charge in [-0.25, -0.2) is 4.39 Å². The van der Waals surface area contributed by atoms with E-state index in [4.69, 9.17) is 4.74 Å². The van der Waals surface area contributed by atoms with Crippen molar-refractivity contribution in [3.05, 3.63) is 65.7 Å². The molecule has 0 unspecified atom stereocenters. The predicted molar refractivity (Wildman–Crippen MR) is 84.4 cm³/mol. The molecule has 0 N–H and O–H groups in total. The minimum Gasteiger partial charge on any atom is -0.376 e. The molecule has 23 heavy (non-hydrogen) atoms. The Morgan fingerprint density at radius 2 is 2.22 bits per heavy atom. The van der Waals surface area contributed by atoms with Crippen LogP contribution in [0.2, 0.25) is 0 Å². The summed E-state index contributed by atoms with van der Waals surface area (Å²) in [6, 6.07) is 11.6. The summed E-state index contributed by atoms with van der Waals surface area (Å²) in [4.78, 5) is 18.6. The molecule has 4 nitrogen and oxygen atoms in total. The van der Waals surface area contributed by atoms with Crippen molar-refractivity contribution in [3.8, 4) is 0 Å². The van der Waals surface area contributed by atoms with Crippen LogP contribution in [0.1, 0.15) is 28.9 Å². The molecule has 1 aromatic heterocycles. The Labute approximate surface area is 134 Å². The summed E-state index contributed by atoms with van der Waals surface area (Å²) in [6.45, 7) is 1.56. The van der Waals surface area contributed by atoms with Gasteiger partial charge >= 0.3 is 0 Å². The fraction of sp³-hybridized carbons (Fsp3) is 0.333. The van der Waals surface area contributed by atoms with Gasteiger partial charge in [0.2, 0.25) is 0 Å². The number of ether oxygens (including phenoxy) is 1. The first-order valence-corrected chi connectivity index (χ1v) is 7.79. The second-order valence-corrected chi connectivity index (χ2v) is 5.67. The summed E-state index contributed by atoms with van der Waals surface area (Å²) in [7, 11) is 0. The van der Waals surface area contributed by atoms with Crippen molar-refractivity contribution in [3.63, 3.8) is 0 Å². The monoisotopic (exact) mass is 314 g/mol. The molecule has 120 valence electrons. The van der Waals surface area contributed by atoms with Gasteiger partial charge in [0.05, 0.1) is 6.10 Å². The van der Waals surface area contributed by atoms with Gasteiger partial charge < -0.3 is 9.64 Å². The standard InChI is InChI=1S/C18H19FN2O2/c19-15-6-3-5-14(11-15)12-21(13-16-7-4-10-23-16)18(22)17-8-1-2-9-20-17/h1-3,5-6,8-9,11,16H,4,7,10,12-13H2/t16-/m0/s1. The third kappa shape index (κ3) is 4.13. The highest BCUT2D eigenvalue weighted by molar-refractivity contribution is 5.92. The van der Waals surface area contributed by atoms with Crippen molar-refractivity contribution in [1.82, 2.24) is 9.88 Å². The number of carbonyl (C=O) groups excluding carboxylic acids is 1. The van der Waals surface area contributed by atoms with Crippen LogP contribution >= 0.6 is 0 Å². The van der Waals surface area contributed by atoms with Gasteiger partial charge in [-0.05, 0) is 42.7 Å². The molecule has 2 heterocycles. The first-order valence-electron chi connectivity index (χ1n) is 7.79. The van der Waals surface area contributed by atoms with Gasteiger partial charge in [-0.15, -0.1) is 0 Å². The molecule has 5 heteroatoms. The van der Waals surface area contributed by atoms with Crippen LogP contribution in [0.4, 0.5) is 4.39 Å². The lowest BCUT2D eigenvalue weighted by molar-refractivity contribution is 0.0502. The number of aromatic nitrogens is 1. The van der Waals surface area contributed by atoms with E-state index in [1.807, 2.05) is 6.07 Å². The minimum atomic E-state index is -0.301. The SMILES string of the molecule is O=C(c1ccccn1)N(Cc1cccc(F)c1)C[C@@H]1CCCO1. The number of hydrogen-bond donors (Lipinski definition) is 0. The quantitative estimate of drug-likeness (QED) is 0.852. The molecule has 0 bridgehead atoms. The highest BCUT2D eigenvalue weighted by atomic mass is 19.1. The number of carbonyl (C=O) groups is 1. The third-order valence-electron chi connectivity index (χ3n) is 3.88. The van der Waals surface area contributed by atoms with E-state index in [0.717, 1.165) is 25.0 Å². The van der Waals surface area contributed by atoms with Gasteiger partial charge in [0.25, 0.3) is 5.91 Å². The smallest absolute Gasteiger partial charge is 0.272 e. The van der Waals surface area contributed by atoms with Crippen LogP contribution in [-0.4, -0.2) is 35.0 Å². The summed E-state index contributed by atoms with van der Waals surface area (Å²) < 4.78 is 19.0. The first kappa shape index (κ1) is 15.6. The molecule has 0 radical (unpaired) electrons. The average Bonchev–Trinajstić information content (AvgIpc) is 3.07. The second kappa shape index (κ2) is 7.33. The number of nitrogens with zero attached hydrogens (tertiary/aromatic N) is 2. The van der Waals surface area contributed by atoms with Gasteiger partial charge in [-0.3, -0.25) is 9.78 Å². The molecule has 1 fully saturated rings. The summed E-state index contributed by atoms with van der Waals surface area (Å²) >= 11 is 0. The zero-order valence-corrected chi connectivity index (χ0v) is 12.8. The maximum absolute atomic E-state index is 13.4. The summed E-state index contributed by atoms with van der Waals surface area (Å²) in [5, 5.41) is 0. The Hall–Kier alpha value is -2.27. The van der Waals surface area contributed by atoms with Gasteiger partial charge in [-0.2, -0.15) is 0 Å². The summed E-state index contributed by atoms with van der Waals surface area (Å²) in [6.07, 6.45) is 3.58. The van der Waals surface area contributed by atoms with E-state index < -0.39 is 0 Å². The molecule has 1 amide bonds.